The topological polar surface area (TPSA) is 116 Å². The first kappa shape index (κ1) is 17.7. The molecule has 11 heteroatoms. The molecule has 0 aliphatic heterocycles. The van der Waals surface area contributed by atoms with Gasteiger partial charge in [0.1, 0.15) is 11.2 Å². The summed E-state index contributed by atoms with van der Waals surface area (Å²) >= 11 is 0. The van der Waals surface area contributed by atoms with Crippen LogP contribution < -0.4 is 15.8 Å². The van der Waals surface area contributed by atoms with E-state index in [1.54, 1.807) is 0 Å². The first-order valence-electron chi connectivity index (χ1n) is 6.65. The van der Waals surface area contributed by atoms with E-state index in [0.29, 0.717) is 6.07 Å². The van der Waals surface area contributed by atoms with Crippen LogP contribution in [-0.4, -0.2) is 29.0 Å². The number of alkyl halides is 3. The second-order valence-electron chi connectivity index (χ2n) is 5.03. The van der Waals surface area contributed by atoms with E-state index in [0.717, 1.165) is 7.11 Å². The third kappa shape index (κ3) is 3.30. The van der Waals surface area contributed by atoms with Crippen LogP contribution in [0.15, 0.2) is 29.6 Å². The summed E-state index contributed by atoms with van der Waals surface area (Å²) in [5, 5.41) is 13.8. The number of nitrogens with zero attached hydrogens (tertiary/aromatic N) is 3. The number of hydrogen-bond donors (Lipinski definition) is 2. The average molecular weight is 345 g/mol. The minimum absolute atomic E-state index is 0.208. The molecule has 0 spiro atoms. The fourth-order valence-corrected chi connectivity index (χ4v) is 2.19. The van der Waals surface area contributed by atoms with E-state index >= 15 is 0 Å². The van der Waals surface area contributed by atoms with Crippen LogP contribution in [0.5, 0.6) is 5.88 Å². The minimum atomic E-state index is -4.74. The zero-order valence-electron chi connectivity index (χ0n) is 12.7. The monoisotopic (exact) mass is 345 g/mol. The lowest BCUT2D eigenvalue weighted by molar-refractivity contribution is -0.430. The van der Waals surface area contributed by atoms with Crippen molar-refractivity contribution < 1.29 is 22.8 Å². The number of nitrogens with one attached hydrogen (secondary N) is 1. The molecule has 1 aromatic heterocycles. The highest BCUT2D eigenvalue weighted by molar-refractivity contribution is 5.35. The van der Waals surface area contributed by atoms with Crippen molar-refractivity contribution in [1.29, 1.82) is 0 Å². The number of ether oxygens (including phenoxy) is 1. The fourth-order valence-electron chi connectivity index (χ4n) is 2.19. The van der Waals surface area contributed by atoms with Gasteiger partial charge in [0.15, 0.2) is 11.5 Å². The largest absolute Gasteiger partial charge is 0.481 e. The molecule has 1 aromatic rings. The Hall–Kier alpha value is -2.69. The molecule has 0 radical (unpaired) electrons. The van der Waals surface area contributed by atoms with E-state index in [1.807, 2.05) is 0 Å². The molecule has 0 saturated heterocycles. The fraction of sp³-hybridized carbons (Fsp3) is 0.385. The van der Waals surface area contributed by atoms with E-state index in [4.69, 9.17) is 10.5 Å². The Kier molecular flexibility index (Phi) is 4.47. The summed E-state index contributed by atoms with van der Waals surface area (Å²) < 4.78 is 43.7. The third-order valence-electron chi connectivity index (χ3n) is 3.43. The molecule has 130 valence electrons. The smallest absolute Gasteiger partial charge is 0.433 e. The predicted octanol–water partition coefficient (Wildman–Crippen LogP) is 1.33. The normalized spacial score (nSPS) is 20.9. The summed E-state index contributed by atoms with van der Waals surface area (Å²) in [7, 11) is 2.63. The minimum Gasteiger partial charge on any atom is -0.481 e. The quantitative estimate of drug-likeness (QED) is 0.624. The van der Waals surface area contributed by atoms with Crippen LogP contribution in [0.2, 0.25) is 0 Å². The second-order valence-corrected chi connectivity index (χ2v) is 5.03. The van der Waals surface area contributed by atoms with Gasteiger partial charge in [0.25, 0.3) is 5.70 Å². The summed E-state index contributed by atoms with van der Waals surface area (Å²) in [6.45, 7) is 0. The van der Waals surface area contributed by atoms with E-state index < -0.39 is 28.2 Å². The molecular formula is C13H14F3N5O3. The van der Waals surface area contributed by atoms with Crippen LogP contribution in [0, 0.1) is 10.1 Å². The molecule has 1 aliphatic carbocycles. The van der Waals surface area contributed by atoms with Gasteiger partial charge in [0.05, 0.1) is 18.5 Å². The molecule has 0 amide bonds. The SMILES string of the molecule is CNC1=C([N+](=O)[O-])CC(N)(c2nc(OC)cc(C(F)(F)F)n2)C=C1. The number of hydrogen-bond acceptors (Lipinski definition) is 7. The molecular weight excluding hydrogens is 331 g/mol. The Morgan fingerprint density at radius 2 is 2.12 bits per heavy atom. The van der Waals surface area contributed by atoms with Crippen molar-refractivity contribution in [2.24, 2.45) is 5.73 Å². The van der Waals surface area contributed by atoms with Crippen molar-refractivity contribution >= 4 is 0 Å². The van der Waals surface area contributed by atoms with Crippen LogP contribution in [0.1, 0.15) is 17.9 Å². The van der Waals surface area contributed by atoms with Crippen LogP contribution in [-0.2, 0) is 11.7 Å². The van der Waals surface area contributed by atoms with E-state index in [-0.39, 0.29) is 23.7 Å². The van der Waals surface area contributed by atoms with Crippen molar-refractivity contribution in [3.8, 4) is 5.88 Å². The third-order valence-corrected chi connectivity index (χ3v) is 3.43. The Morgan fingerprint density at radius 3 is 2.62 bits per heavy atom. The van der Waals surface area contributed by atoms with Crippen LogP contribution in [0.4, 0.5) is 13.2 Å². The maximum Gasteiger partial charge on any atom is 0.433 e. The molecule has 0 bridgehead atoms. The summed E-state index contributed by atoms with van der Waals surface area (Å²) in [6, 6.07) is 0.628. The maximum absolute atomic E-state index is 13.0. The number of aromatic nitrogens is 2. The van der Waals surface area contributed by atoms with Gasteiger partial charge >= 0.3 is 6.18 Å². The molecule has 3 N–H and O–H groups in total. The van der Waals surface area contributed by atoms with Gasteiger partial charge in [-0.2, -0.15) is 18.2 Å². The Balaban J connectivity index is 2.54. The molecule has 2 rings (SSSR count). The lowest BCUT2D eigenvalue weighted by Gasteiger charge is -2.27. The van der Waals surface area contributed by atoms with Gasteiger partial charge in [-0.15, -0.1) is 0 Å². The summed E-state index contributed by atoms with van der Waals surface area (Å²) in [4.78, 5) is 17.8. The Bertz CT molecular complexity index is 732. The van der Waals surface area contributed by atoms with Gasteiger partial charge in [0, 0.05) is 13.1 Å². The molecule has 0 saturated carbocycles. The van der Waals surface area contributed by atoms with Crippen molar-refractivity contribution in [3.63, 3.8) is 0 Å². The number of allylic oxidation sites excluding steroid dienone is 1. The summed E-state index contributed by atoms with van der Waals surface area (Å²) in [5.41, 5.74) is 3.08. The van der Waals surface area contributed by atoms with E-state index in [1.165, 1.54) is 19.2 Å². The molecule has 1 unspecified atom stereocenters. The standard InChI is InChI=1S/C13H14F3N5O3/c1-18-7-3-4-12(17,6-8(7)21(22)23)11-19-9(13(14,15)16)5-10(20-11)24-2/h3-5,18H,6,17H2,1-2H3. The van der Waals surface area contributed by atoms with Crippen molar-refractivity contribution in [2.75, 3.05) is 14.2 Å². The zero-order chi connectivity index (χ0) is 18.1. The summed E-state index contributed by atoms with van der Waals surface area (Å²) in [5.74, 6) is -0.753. The van der Waals surface area contributed by atoms with Gasteiger partial charge in [-0.1, -0.05) is 6.08 Å². The molecule has 0 fully saturated rings. The van der Waals surface area contributed by atoms with Gasteiger partial charge in [0.2, 0.25) is 5.88 Å². The van der Waals surface area contributed by atoms with E-state index in [9.17, 15) is 23.3 Å². The number of nitrogens with two attached hydrogens (primary N) is 1. The molecule has 1 heterocycles. The lowest BCUT2D eigenvalue weighted by atomic mass is 9.88. The van der Waals surface area contributed by atoms with Crippen LogP contribution in [0.3, 0.4) is 0 Å². The number of halogens is 3. The number of nitro groups is 1. The molecule has 1 aliphatic rings. The zero-order valence-corrected chi connectivity index (χ0v) is 12.7. The van der Waals surface area contributed by atoms with Crippen LogP contribution in [0.25, 0.3) is 0 Å². The molecule has 1 atom stereocenters. The van der Waals surface area contributed by atoms with Crippen molar-refractivity contribution in [2.45, 2.75) is 18.1 Å². The lowest BCUT2D eigenvalue weighted by Crippen LogP contribution is -2.41. The molecule has 24 heavy (non-hydrogen) atoms. The maximum atomic E-state index is 13.0. The first-order chi connectivity index (χ1) is 11.1. The van der Waals surface area contributed by atoms with Crippen molar-refractivity contribution in [3.05, 3.63) is 51.2 Å². The second kappa shape index (κ2) is 6.07. The first-order valence-corrected chi connectivity index (χ1v) is 6.65. The Morgan fingerprint density at radius 1 is 1.46 bits per heavy atom. The molecule has 8 nitrogen and oxygen atoms in total. The van der Waals surface area contributed by atoms with Gasteiger partial charge < -0.3 is 15.8 Å². The van der Waals surface area contributed by atoms with E-state index in [2.05, 4.69) is 15.3 Å². The highest BCUT2D eigenvalue weighted by Gasteiger charge is 2.41. The summed E-state index contributed by atoms with van der Waals surface area (Å²) in [6.07, 6.45) is -2.48. The predicted molar refractivity (Wildman–Crippen MR) is 76.3 cm³/mol. The Labute approximate surface area is 134 Å². The number of methoxy groups -OCH3 is 1. The van der Waals surface area contributed by atoms with Gasteiger partial charge in [-0.05, 0) is 6.08 Å². The van der Waals surface area contributed by atoms with Gasteiger partial charge in [-0.3, -0.25) is 10.1 Å². The van der Waals surface area contributed by atoms with Crippen LogP contribution >= 0.6 is 0 Å². The molecule has 0 aromatic carbocycles. The highest BCUT2D eigenvalue weighted by Crippen LogP contribution is 2.35. The van der Waals surface area contributed by atoms with Crippen molar-refractivity contribution in [1.82, 2.24) is 15.3 Å². The number of rotatable bonds is 4. The number of likely N-dealkylation sites (N-methyl/N-ethyl adjacent to an activating group) is 1. The average Bonchev–Trinajstić information content (AvgIpc) is 2.53. The van der Waals surface area contributed by atoms with Gasteiger partial charge in [-0.25, -0.2) is 4.98 Å². The highest BCUT2D eigenvalue weighted by atomic mass is 19.4.